The van der Waals surface area contributed by atoms with Crippen molar-refractivity contribution < 1.29 is 35.8 Å². The Kier molecular flexibility index (Phi) is 8.12. The highest BCUT2D eigenvalue weighted by atomic mass is 19.4. The minimum atomic E-state index is -5.07. The number of rotatable bonds is 8. The maximum Gasteiger partial charge on any atom is 0.417 e. The zero-order valence-corrected chi connectivity index (χ0v) is 25.8. The number of nitrogens with two attached hydrogens (primary N) is 2. The molecule has 3 aromatic rings. The topological polar surface area (TPSA) is 128 Å². The van der Waals surface area contributed by atoms with E-state index in [9.17, 15) is 22.0 Å². The van der Waals surface area contributed by atoms with Gasteiger partial charge in [-0.05, 0) is 51.8 Å². The number of likely N-dealkylation sites (tertiary alicyclic amines) is 1. The molecular formula is C30H36F6N8O2. The van der Waals surface area contributed by atoms with E-state index in [1.165, 1.54) is 7.11 Å². The molecule has 16 heteroatoms. The van der Waals surface area contributed by atoms with Crippen LogP contribution >= 0.6 is 0 Å². The molecule has 250 valence electrons. The molecule has 10 nitrogen and oxygen atoms in total. The highest BCUT2D eigenvalue weighted by molar-refractivity contribution is 5.96. The van der Waals surface area contributed by atoms with Gasteiger partial charge < -0.3 is 31.2 Å². The molecule has 4 unspecified atom stereocenters. The third-order valence-corrected chi connectivity index (χ3v) is 9.30. The van der Waals surface area contributed by atoms with E-state index in [2.05, 4.69) is 20.3 Å². The first kappa shape index (κ1) is 32.3. The van der Waals surface area contributed by atoms with Gasteiger partial charge in [0.25, 0.3) is 0 Å². The molecule has 3 saturated heterocycles. The number of methoxy groups -OCH3 is 1. The first-order valence-corrected chi connectivity index (χ1v) is 15.0. The van der Waals surface area contributed by atoms with Crippen LogP contribution < -0.4 is 26.4 Å². The number of pyridine rings is 1. The summed E-state index contributed by atoms with van der Waals surface area (Å²) in [5.74, 6) is -2.92. The molecule has 1 aromatic carbocycles. The smallest absolute Gasteiger partial charge is 0.417 e. The Morgan fingerprint density at radius 2 is 1.83 bits per heavy atom. The molecule has 3 fully saturated rings. The average molecular weight is 655 g/mol. The molecule has 5 heterocycles. The number of alkyl halides is 4. The number of halogens is 6. The van der Waals surface area contributed by atoms with Gasteiger partial charge in [0.15, 0.2) is 5.82 Å². The zero-order chi connectivity index (χ0) is 33.3. The van der Waals surface area contributed by atoms with E-state index in [1.54, 1.807) is 11.8 Å². The molecule has 46 heavy (non-hydrogen) atoms. The summed E-state index contributed by atoms with van der Waals surface area (Å²) >= 11 is 0. The number of nitrogens with one attached hydrogen (secondary N) is 1. The summed E-state index contributed by atoms with van der Waals surface area (Å²) in [5.41, 5.74) is 6.84. The zero-order valence-electron chi connectivity index (χ0n) is 25.8. The summed E-state index contributed by atoms with van der Waals surface area (Å²) in [6.07, 6.45) is -5.81. The van der Waals surface area contributed by atoms with Crippen molar-refractivity contribution in [2.45, 2.75) is 69.7 Å². The number of nitrogen functional groups attached to an aromatic ring is 2. The average Bonchev–Trinajstić information content (AvgIpc) is 3.33. The Morgan fingerprint density at radius 1 is 1.13 bits per heavy atom. The third-order valence-electron chi connectivity index (χ3n) is 9.30. The van der Waals surface area contributed by atoms with E-state index in [4.69, 9.17) is 20.9 Å². The van der Waals surface area contributed by atoms with E-state index in [1.807, 2.05) is 11.8 Å². The first-order chi connectivity index (χ1) is 21.6. The van der Waals surface area contributed by atoms with Crippen molar-refractivity contribution in [2.75, 3.05) is 56.2 Å². The molecule has 0 radical (unpaired) electrons. The fraction of sp³-hybridized carbons (Fsp3) is 0.567. The van der Waals surface area contributed by atoms with Crippen molar-refractivity contribution >= 4 is 28.4 Å². The Morgan fingerprint density at radius 3 is 2.41 bits per heavy atom. The molecular weight excluding hydrogens is 618 g/mol. The van der Waals surface area contributed by atoms with Crippen molar-refractivity contribution in [1.82, 2.24) is 25.2 Å². The van der Waals surface area contributed by atoms with Crippen molar-refractivity contribution in [3.05, 3.63) is 28.8 Å². The van der Waals surface area contributed by atoms with Crippen molar-refractivity contribution in [3.63, 3.8) is 0 Å². The SMILES string of the molecule is COC1CN(C2(C)CN(c3nc(N)c4c(OC(C)CC5CCN5)nc(-c5cc(N)c(F)c(C)c5C(F)(F)F)c(F)c4n3)C2)CC1F. The van der Waals surface area contributed by atoms with Gasteiger partial charge in [-0.2, -0.15) is 18.2 Å². The largest absolute Gasteiger partial charge is 0.474 e. The fourth-order valence-electron chi connectivity index (χ4n) is 6.63. The van der Waals surface area contributed by atoms with E-state index >= 15 is 4.39 Å². The van der Waals surface area contributed by atoms with Crippen LogP contribution in [-0.2, 0) is 10.9 Å². The second-order valence-corrected chi connectivity index (χ2v) is 12.7. The molecule has 3 aliphatic rings. The van der Waals surface area contributed by atoms with Gasteiger partial charge in [0, 0.05) is 44.9 Å². The van der Waals surface area contributed by atoms with Gasteiger partial charge in [-0.3, -0.25) is 4.90 Å². The summed E-state index contributed by atoms with van der Waals surface area (Å²) in [5, 5.41) is 3.14. The molecule has 3 aliphatic heterocycles. The summed E-state index contributed by atoms with van der Waals surface area (Å²) in [6, 6.07) is 0.878. The summed E-state index contributed by atoms with van der Waals surface area (Å²) in [6.45, 7) is 6.74. The van der Waals surface area contributed by atoms with E-state index in [0.717, 1.165) is 19.9 Å². The van der Waals surface area contributed by atoms with Crippen molar-refractivity contribution in [2.24, 2.45) is 0 Å². The predicted octanol–water partition coefficient (Wildman–Crippen LogP) is 4.23. The van der Waals surface area contributed by atoms with Crippen LogP contribution in [0, 0.1) is 18.6 Å². The third kappa shape index (κ3) is 5.53. The number of ether oxygens (including phenoxy) is 2. The maximum atomic E-state index is 16.5. The van der Waals surface area contributed by atoms with Crippen molar-refractivity contribution in [1.29, 1.82) is 0 Å². The van der Waals surface area contributed by atoms with Crippen LogP contribution in [0.5, 0.6) is 5.88 Å². The molecule has 0 spiro atoms. The molecule has 2 aromatic heterocycles. The lowest BCUT2D eigenvalue weighted by Gasteiger charge is -2.53. The van der Waals surface area contributed by atoms with E-state index in [-0.39, 0.29) is 35.6 Å². The van der Waals surface area contributed by atoms with Crippen LogP contribution in [0.1, 0.15) is 37.8 Å². The van der Waals surface area contributed by atoms with Gasteiger partial charge in [-0.15, -0.1) is 0 Å². The summed E-state index contributed by atoms with van der Waals surface area (Å²) < 4.78 is 99.8. The van der Waals surface area contributed by atoms with Crippen LogP contribution in [0.15, 0.2) is 6.07 Å². The van der Waals surface area contributed by atoms with Crippen LogP contribution in [-0.4, -0.2) is 89.6 Å². The Labute approximate surface area is 261 Å². The number of fused-ring (bicyclic) bond motifs is 1. The lowest BCUT2D eigenvalue weighted by molar-refractivity contribution is -0.137. The maximum absolute atomic E-state index is 16.5. The lowest BCUT2D eigenvalue weighted by Crippen LogP contribution is -2.68. The van der Waals surface area contributed by atoms with Gasteiger partial charge in [0.05, 0.1) is 22.9 Å². The number of anilines is 3. The number of hydrogen-bond donors (Lipinski definition) is 3. The fourth-order valence-corrected chi connectivity index (χ4v) is 6.63. The predicted molar refractivity (Wildman–Crippen MR) is 160 cm³/mol. The van der Waals surface area contributed by atoms with Crippen LogP contribution in [0.25, 0.3) is 22.2 Å². The minimum absolute atomic E-state index is 0.0290. The minimum Gasteiger partial charge on any atom is -0.474 e. The Hall–Kier alpha value is -3.63. The second-order valence-electron chi connectivity index (χ2n) is 12.7. The lowest BCUT2D eigenvalue weighted by atomic mass is 9.90. The van der Waals surface area contributed by atoms with Gasteiger partial charge in [0.2, 0.25) is 11.8 Å². The molecule has 0 aliphatic carbocycles. The summed E-state index contributed by atoms with van der Waals surface area (Å²) in [7, 11) is 1.46. The van der Waals surface area contributed by atoms with E-state index < -0.39 is 75.3 Å². The highest BCUT2D eigenvalue weighted by Crippen LogP contribution is 2.45. The molecule has 5 N–H and O–H groups in total. The number of benzene rings is 1. The molecule has 0 amide bonds. The standard InChI is InChI=1S/C30H36F6N8O2/c1-13(7-15-5-6-39-15)46-27-20-25(23(33)24(40-27)16-8-18(37)22(32)14(2)21(16)30(34,35)36)41-28(42-26(20)38)43-11-29(3,12-43)44-9-17(31)19(10-44)45-4/h8,13,15,17,19,39H,5-7,9-12,37H2,1-4H3,(H2,38,41,42). The van der Waals surface area contributed by atoms with E-state index in [0.29, 0.717) is 32.1 Å². The van der Waals surface area contributed by atoms with Crippen LogP contribution in [0.4, 0.5) is 43.8 Å². The number of nitrogens with zero attached hydrogens (tertiary/aromatic N) is 5. The van der Waals surface area contributed by atoms with Crippen molar-refractivity contribution in [3.8, 4) is 17.1 Å². The Bertz CT molecular complexity index is 1660. The normalized spacial score (nSPS) is 23.8. The van der Waals surface area contributed by atoms with Gasteiger partial charge in [-0.1, -0.05) is 0 Å². The summed E-state index contributed by atoms with van der Waals surface area (Å²) in [4.78, 5) is 16.7. The van der Waals surface area contributed by atoms with Crippen LogP contribution in [0.3, 0.4) is 0 Å². The molecule has 0 saturated carbocycles. The van der Waals surface area contributed by atoms with Gasteiger partial charge >= 0.3 is 6.18 Å². The molecule has 4 atom stereocenters. The number of hydrogen-bond acceptors (Lipinski definition) is 10. The Balaban J connectivity index is 1.45. The number of aromatic nitrogens is 3. The van der Waals surface area contributed by atoms with Gasteiger partial charge in [-0.25, -0.2) is 23.1 Å². The molecule has 0 bridgehead atoms. The molecule has 6 rings (SSSR count). The quantitative estimate of drug-likeness (QED) is 0.240. The van der Waals surface area contributed by atoms with Crippen LogP contribution in [0.2, 0.25) is 0 Å². The second kappa shape index (κ2) is 11.6. The highest BCUT2D eigenvalue weighted by Gasteiger charge is 2.50. The monoisotopic (exact) mass is 654 g/mol. The van der Waals surface area contributed by atoms with Gasteiger partial charge in [0.1, 0.15) is 40.5 Å². The first-order valence-electron chi connectivity index (χ1n) is 15.0.